The molecule has 158 valence electrons. The Kier molecular flexibility index (Phi) is 7.93. The average Bonchev–Trinajstić information content (AvgIpc) is 2.66. The summed E-state index contributed by atoms with van der Waals surface area (Å²) in [5.74, 6) is 0.272. The van der Waals surface area contributed by atoms with Crippen molar-refractivity contribution in [2.24, 2.45) is 5.92 Å². The molecule has 1 N–H and O–H groups in total. The van der Waals surface area contributed by atoms with Crippen molar-refractivity contribution in [3.8, 4) is 5.75 Å². The minimum atomic E-state index is -4.06. The first kappa shape index (κ1) is 23.0. The summed E-state index contributed by atoms with van der Waals surface area (Å²) in [6, 6.07) is 11.2. The number of carbonyl (C=O) groups is 1. The lowest BCUT2D eigenvalue weighted by Gasteiger charge is -2.25. The van der Waals surface area contributed by atoms with Crippen LogP contribution in [-0.4, -0.2) is 34.5 Å². The van der Waals surface area contributed by atoms with E-state index in [1.54, 1.807) is 43.3 Å². The molecule has 0 saturated carbocycles. The van der Waals surface area contributed by atoms with Gasteiger partial charge in [-0.15, -0.1) is 0 Å². The van der Waals surface area contributed by atoms with E-state index in [9.17, 15) is 13.2 Å². The summed E-state index contributed by atoms with van der Waals surface area (Å²) in [5.41, 5.74) is 1.11. The quantitative estimate of drug-likeness (QED) is 0.641. The van der Waals surface area contributed by atoms with Gasteiger partial charge in [-0.3, -0.25) is 9.10 Å². The van der Waals surface area contributed by atoms with Crippen LogP contribution in [0.3, 0.4) is 0 Å². The van der Waals surface area contributed by atoms with E-state index < -0.39 is 10.0 Å². The lowest BCUT2D eigenvalue weighted by atomic mass is 10.1. The first-order chi connectivity index (χ1) is 13.6. The van der Waals surface area contributed by atoms with Crippen LogP contribution in [0, 0.1) is 12.8 Å². The van der Waals surface area contributed by atoms with Gasteiger partial charge in [0.1, 0.15) is 17.2 Å². The van der Waals surface area contributed by atoms with Gasteiger partial charge in [0, 0.05) is 11.6 Å². The number of anilines is 1. The van der Waals surface area contributed by atoms with Crippen molar-refractivity contribution >= 4 is 33.2 Å². The predicted octanol–water partition coefficient (Wildman–Crippen LogP) is 4.01. The molecule has 0 aliphatic rings. The molecule has 0 heterocycles. The second-order valence-electron chi connectivity index (χ2n) is 7.17. The number of hydrogen-bond donors (Lipinski definition) is 1. The van der Waals surface area contributed by atoms with Gasteiger partial charge in [0.15, 0.2) is 0 Å². The third-order valence-electron chi connectivity index (χ3n) is 4.33. The van der Waals surface area contributed by atoms with Gasteiger partial charge in [0.25, 0.3) is 10.0 Å². The third-order valence-corrected chi connectivity index (χ3v) is 6.38. The van der Waals surface area contributed by atoms with Crippen molar-refractivity contribution in [2.45, 2.75) is 32.1 Å². The van der Waals surface area contributed by atoms with Gasteiger partial charge in [0.05, 0.1) is 12.8 Å². The molecule has 0 unspecified atom stereocenters. The number of nitrogens with zero attached hydrogens (tertiary/aromatic N) is 1. The van der Waals surface area contributed by atoms with Gasteiger partial charge < -0.3 is 10.1 Å². The van der Waals surface area contributed by atoms with Crippen LogP contribution in [0.2, 0.25) is 5.02 Å². The van der Waals surface area contributed by atoms with Crippen LogP contribution in [0.1, 0.15) is 25.8 Å². The van der Waals surface area contributed by atoms with Gasteiger partial charge in [-0.1, -0.05) is 31.5 Å². The molecular weight excluding hydrogens is 412 g/mol. The maximum absolute atomic E-state index is 13.5. The molecule has 2 aromatic rings. The van der Waals surface area contributed by atoms with E-state index in [0.29, 0.717) is 23.2 Å². The van der Waals surface area contributed by atoms with Crippen molar-refractivity contribution in [1.29, 1.82) is 0 Å². The summed E-state index contributed by atoms with van der Waals surface area (Å²) in [6.07, 6.45) is 0.811. The van der Waals surface area contributed by atoms with Gasteiger partial charge in [-0.2, -0.15) is 0 Å². The molecule has 2 aromatic carbocycles. The van der Waals surface area contributed by atoms with Crippen molar-refractivity contribution in [3.05, 3.63) is 53.1 Å². The number of hydrogen-bond acceptors (Lipinski definition) is 4. The summed E-state index contributed by atoms with van der Waals surface area (Å²) in [5, 5.41) is 3.26. The topological polar surface area (TPSA) is 75.7 Å². The Bertz CT molecular complexity index is 944. The van der Waals surface area contributed by atoms with E-state index in [2.05, 4.69) is 19.2 Å². The van der Waals surface area contributed by atoms with E-state index in [1.807, 2.05) is 0 Å². The lowest BCUT2D eigenvalue weighted by Crippen LogP contribution is -2.41. The Labute approximate surface area is 177 Å². The molecule has 0 saturated heterocycles. The Balaban J connectivity index is 2.42. The fraction of sp³-hybridized carbons (Fsp3) is 0.381. The molecule has 1 amide bonds. The van der Waals surface area contributed by atoms with E-state index in [-0.39, 0.29) is 23.1 Å². The zero-order chi connectivity index (χ0) is 21.6. The van der Waals surface area contributed by atoms with Crippen LogP contribution in [0.15, 0.2) is 47.4 Å². The molecule has 0 atom stereocenters. The minimum Gasteiger partial charge on any atom is -0.495 e. The fourth-order valence-corrected chi connectivity index (χ4v) is 4.50. The number of halogens is 1. The monoisotopic (exact) mass is 438 g/mol. The van der Waals surface area contributed by atoms with Gasteiger partial charge in [0.2, 0.25) is 5.91 Å². The molecule has 0 bridgehead atoms. The first-order valence-corrected chi connectivity index (χ1v) is 11.2. The number of rotatable bonds is 9. The van der Waals surface area contributed by atoms with Crippen LogP contribution >= 0.6 is 11.6 Å². The molecule has 0 aliphatic carbocycles. The van der Waals surface area contributed by atoms with Gasteiger partial charge in [-0.05, 0) is 61.2 Å². The largest absolute Gasteiger partial charge is 0.495 e. The number of ether oxygens (including phenoxy) is 1. The molecule has 0 spiro atoms. The van der Waals surface area contributed by atoms with E-state index in [4.69, 9.17) is 16.3 Å². The maximum Gasteiger partial charge on any atom is 0.268 e. The van der Waals surface area contributed by atoms with Gasteiger partial charge >= 0.3 is 0 Å². The molecule has 0 aromatic heterocycles. The zero-order valence-corrected chi connectivity index (χ0v) is 18.7. The third kappa shape index (κ3) is 6.11. The number of benzene rings is 2. The van der Waals surface area contributed by atoms with E-state index >= 15 is 0 Å². The Morgan fingerprint density at radius 1 is 1.17 bits per heavy atom. The second kappa shape index (κ2) is 9.98. The zero-order valence-electron chi connectivity index (χ0n) is 17.1. The second-order valence-corrected chi connectivity index (χ2v) is 9.44. The maximum atomic E-state index is 13.5. The van der Waals surface area contributed by atoms with Crippen molar-refractivity contribution in [1.82, 2.24) is 5.32 Å². The number of carbonyl (C=O) groups excluding carboxylic acids is 1. The highest BCUT2D eigenvalue weighted by atomic mass is 35.5. The number of amides is 1. The number of nitrogens with one attached hydrogen (secondary N) is 1. The molecule has 0 fully saturated rings. The summed E-state index contributed by atoms with van der Waals surface area (Å²) < 4.78 is 33.3. The lowest BCUT2D eigenvalue weighted by molar-refractivity contribution is -0.119. The van der Waals surface area contributed by atoms with Crippen LogP contribution in [0.5, 0.6) is 5.75 Å². The Morgan fingerprint density at radius 2 is 1.83 bits per heavy atom. The SMILES string of the molecule is COc1ccc(C)cc1S(=O)(=O)N(CC(=O)NCCC(C)C)c1ccc(Cl)cc1. The molecular formula is C21H27ClN2O4S. The summed E-state index contributed by atoms with van der Waals surface area (Å²) in [6.45, 7) is 6.04. The Morgan fingerprint density at radius 3 is 2.41 bits per heavy atom. The summed E-state index contributed by atoms with van der Waals surface area (Å²) in [4.78, 5) is 12.5. The highest BCUT2D eigenvalue weighted by molar-refractivity contribution is 7.93. The van der Waals surface area contributed by atoms with Crippen LogP contribution in [-0.2, 0) is 14.8 Å². The average molecular weight is 439 g/mol. The van der Waals surface area contributed by atoms with E-state index in [0.717, 1.165) is 16.3 Å². The standard InChI is InChI=1S/C21H27ClN2O4S/c1-15(2)11-12-23-21(25)14-24(18-8-6-17(22)7-9-18)29(26,27)20-13-16(3)5-10-19(20)28-4/h5-10,13,15H,11-12,14H2,1-4H3,(H,23,25). The van der Waals surface area contributed by atoms with Crippen LogP contribution < -0.4 is 14.4 Å². The van der Waals surface area contributed by atoms with Gasteiger partial charge in [-0.25, -0.2) is 8.42 Å². The molecule has 0 aliphatic heterocycles. The summed E-state index contributed by atoms with van der Waals surface area (Å²) in [7, 11) is -2.65. The van der Waals surface area contributed by atoms with Crippen molar-refractivity contribution < 1.29 is 17.9 Å². The van der Waals surface area contributed by atoms with E-state index in [1.165, 1.54) is 13.2 Å². The van der Waals surface area contributed by atoms with Crippen LogP contribution in [0.25, 0.3) is 0 Å². The first-order valence-electron chi connectivity index (χ1n) is 9.34. The van der Waals surface area contributed by atoms with Crippen LogP contribution in [0.4, 0.5) is 5.69 Å². The fourth-order valence-electron chi connectivity index (χ4n) is 2.71. The minimum absolute atomic E-state index is 0.00457. The number of sulfonamides is 1. The Hall–Kier alpha value is -2.25. The molecule has 2 rings (SSSR count). The number of aryl methyl sites for hydroxylation is 1. The molecule has 8 heteroatoms. The van der Waals surface area contributed by atoms with Crippen molar-refractivity contribution in [2.75, 3.05) is 24.5 Å². The predicted molar refractivity (Wildman–Crippen MR) is 116 cm³/mol. The normalized spacial score (nSPS) is 11.4. The summed E-state index contributed by atoms with van der Waals surface area (Å²) >= 11 is 5.95. The highest BCUT2D eigenvalue weighted by Crippen LogP contribution is 2.31. The molecule has 0 radical (unpaired) electrons. The highest BCUT2D eigenvalue weighted by Gasteiger charge is 2.30. The number of methoxy groups -OCH3 is 1. The molecule has 6 nitrogen and oxygen atoms in total. The smallest absolute Gasteiger partial charge is 0.268 e. The molecule has 29 heavy (non-hydrogen) atoms. The van der Waals surface area contributed by atoms with Crippen molar-refractivity contribution in [3.63, 3.8) is 0 Å².